The molecule has 0 amide bonds. The number of ether oxygens (including phenoxy) is 2. The van der Waals surface area contributed by atoms with Gasteiger partial charge in [0.25, 0.3) is 5.95 Å². The van der Waals surface area contributed by atoms with Gasteiger partial charge in [-0.1, -0.05) is 6.92 Å². The molecule has 4 nitrogen and oxygen atoms in total. The fourth-order valence-corrected chi connectivity index (χ4v) is 0.903. The van der Waals surface area contributed by atoms with Crippen LogP contribution in [0.4, 0.5) is 0 Å². The fraction of sp³-hybridized carbons (Fsp3) is 0.800. The molecule has 0 atom stereocenters. The van der Waals surface area contributed by atoms with Gasteiger partial charge in [-0.25, -0.2) is 0 Å². The van der Waals surface area contributed by atoms with E-state index in [4.69, 9.17) is 19.7 Å². The van der Waals surface area contributed by atoms with Gasteiger partial charge in [0.05, 0.1) is 25.2 Å². The van der Waals surface area contributed by atoms with Gasteiger partial charge in [0.2, 0.25) is 0 Å². The van der Waals surface area contributed by atoms with Gasteiger partial charge in [-0.2, -0.15) is 0 Å². The quantitative estimate of drug-likeness (QED) is 0.576. The van der Waals surface area contributed by atoms with Crippen molar-refractivity contribution >= 4 is 0 Å². The van der Waals surface area contributed by atoms with Crippen molar-refractivity contribution in [2.24, 2.45) is 5.41 Å². The van der Waals surface area contributed by atoms with Crippen molar-refractivity contribution in [1.29, 1.82) is 0 Å². The molecule has 0 radical (unpaired) electrons. The summed E-state index contributed by atoms with van der Waals surface area (Å²) in [5.41, 5.74) is -0.597. The Balaban J connectivity index is 3.99. The molecule has 0 bridgehead atoms. The van der Waals surface area contributed by atoms with Crippen molar-refractivity contribution in [3.63, 3.8) is 0 Å². The van der Waals surface area contributed by atoms with Gasteiger partial charge in [-0.3, -0.25) is 0 Å². The van der Waals surface area contributed by atoms with Crippen LogP contribution in [0.15, 0.2) is 12.5 Å². The molecule has 84 valence electrons. The maximum Gasteiger partial charge on any atom is 0.271 e. The highest BCUT2D eigenvalue weighted by atomic mass is 16.7. The van der Waals surface area contributed by atoms with Crippen molar-refractivity contribution in [2.75, 3.05) is 26.4 Å². The van der Waals surface area contributed by atoms with Crippen LogP contribution in [0.25, 0.3) is 0 Å². The van der Waals surface area contributed by atoms with Crippen molar-refractivity contribution in [1.82, 2.24) is 0 Å². The molecule has 0 spiro atoms. The Morgan fingerprint density at radius 2 is 1.79 bits per heavy atom. The summed E-state index contributed by atoms with van der Waals surface area (Å²) in [6.45, 7) is 7.75. The Kier molecular flexibility index (Phi) is 6.32. The minimum absolute atomic E-state index is 0.112. The minimum atomic E-state index is -0.597. The zero-order valence-electron chi connectivity index (χ0n) is 8.95. The zero-order valence-corrected chi connectivity index (χ0v) is 8.95. The lowest BCUT2D eigenvalue weighted by Gasteiger charge is -2.28. The summed E-state index contributed by atoms with van der Waals surface area (Å²) >= 11 is 0. The molecule has 0 aromatic heterocycles. The second-order valence-electron chi connectivity index (χ2n) is 3.26. The largest absolute Gasteiger partial charge is 0.466 e. The third-order valence-electron chi connectivity index (χ3n) is 2.27. The summed E-state index contributed by atoms with van der Waals surface area (Å²) in [5.74, 6) is 0.229. The van der Waals surface area contributed by atoms with Crippen LogP contribution in [-0.4, -0.2) is 36.6 Å². The van der Waals surface area contributed by atoms with E-state index in [1.807, 2.05) is 13.8 Å². The Labute approximate surface area is 85.1 Å². The monoisotopic (exact) mass is 204 g/mol. The van der Waals surface area contributed by atoms with Crippen molar-refractivity contribution in [2.45, 2.75) is 20.3 Å². The lowest BCUT2D eigenvalue weighted by molar-refractivity contribution is -0.0466. The maximum atomic E-state index is 9.11. The topological polar surface area (TPSA) is 58.9 Å². The predicted octanol–water partition coefficient (Wildman–Crippen LogP) is 0.892. The molecule has 0 aromatic carbocycles. The molecule has 0 saturated carbocycles. The fourth-order valence-electron chi connectivity index (χ4n) is 0.903. The van der Waals surface area contributed by atoms with E-state index in [0.29, 0.717) is 13.0 Å². The first kappa shape index (κ1) is 13.3. The van der Waals surface area contributed by atoms with Crippen LogP contribution in [-0.2, 0) is 9.47 Å². The molecule has 0 aliphatic rings. The summed E-state index contributed by atoms with van der Waals surface area (Å²) in [5, 5.41) is 18.2. The van der Waals surface area contributed by atoms with Gasteiger partial charge in [-0.15, -0.1) is 0 Å². The van der Waals surface area contributed by atoms with Crippen LogP contribution in [0, 0.1) is 5.41 Å². The summed E-state index contributed by atoms with van der Waals surface area (Å²) in [7, 11) is 0. The summed E-state index contributed by atoms with van der Waals surface area (Å²) in [4.78, 5) is 0. The summed E-state index contributed by atoms with van der Waals surface area (Å²) in [6.07, 6.45) is 0.638. The molecule has 0 fully saturated rings. The van der Waals surface area contributed by atoms with E-state index in [1.165, 1.54) is 0 Å². The second kappa shape index (κ2) is 6.68. The Hall–Kier alpha value is -0.740. The van der Waals surface area contributed by atoms with E-state index in [-0.39, 0.29) is 25.8 Å². The summed E-state index contributed by atoms with van der Waals surface area (Å²) < 4.78 is 10.2. The van der Waals surface area contributed by atoms with Gasteiger partial charge in [0, 0.05) is 0 Å². The van der Waals surface area contributed by atoms with Gasteiger partial charge in [-0.05, 0) is 19.9 Å². The highest BCUT2D eigenvalue weighted by molar-refractivity contribution is 4.79. The van der Waals surface area contributed by atoms with E-state index >= 15 is 0 Å². The number of aliphatic hydroxyl groups excluding tert-OH is 2. The molecule has 2 N–H and O–H groups in total. The lowest BCUT2D eigenvalue weighted by Crippen LogP contribution is -2.34. The number of hydrogen-bond acceptors (Lipinski definition) is 4. The third kappa shape index (κ3) is 3.98. The van der Waals surface area contributed by atoms with Gasteiger partial charge in [0.15, 0.2) is 0 Å². The summed E-state index contributed by atoms with van der Waals surface area (Å²) in [6, 6.07) is 0. The van der Waals surface area contributed by atoms with E-state index in [9.17, 15) is 0 Å². The lowest BCUT2D eigenvalue weighted by atomic mass is 9.88. The molecule has 0 aliphatic heterocycles. The molecule has 0 aliphatic carbocycles. The first-order chi connectivity index (χ1) is 6.64. The average Bonchev–Trinajstić information content (AvgIpc) is 2.21. The highest BCUT2D eigenvalue weighted by Gasteiger charge is 2.28. The number of hydrogen-bond donors (Lipinski definition) is 2. The maximum absolute atomic E-state index is 9.11. The Morgan fingerprint density at radius 1 is 1.21 bits per heavy atom. The van der Waals surface area contributed by atoms with Gasteiger partial charge >= 0.3 is 0 Å². The SMILES string of the molecule is C=C(OCC)OCC(CC)(CO)CO. The predicted molar refractivity (Wildman–Crippen MR) is 53.6 cm³/mol. The van der Waals surface area contributed by atoms with E-state index < -0.39 is 5.41 Å². The average molecular weight is 204 g/mol. The standard InChI is InChI=1S/C10H20O4/c1-4-10(6-11,7-12)8-14-9(3)13-5-2/h11-12H,3-8H2,1-2H3. The van der Waals surface area contributed by atoms with Crippen LogP contribution in [0.2, 0.25) is 0 Å². The Morgan fingerprint density at radius 3 is 2.14 bits per heavy atom. The van der Waals surface area contributed by atoms with Crippen LogP contribution in [0.1, 0.15) is 20.3 Å². The van der Waals surface area contributed by atoms with E-state index in [1.54, 1.807) is 0 Å². The molecular weight excluding hydrogens is 184 g/mol. The van der Waals surface area contributed by atoms with Crippen LogP contribution in [0.5, 0.6) is 0 Å². The molecule has 0 unspecified atom stereocenters. The van der Waals surface area contributed by atoms with Gasteiger partial charge < -0.3 is 19.7 Å². The van der Waals surface area contributed by atoms with Gasteiger partial charge in [0.1, 0.15) is 6.61 Å². The van der Waals surface area contributed by atoms with Crippen LogP contribution < -0.4 is 0 Å². The Bertz CT molecular complexity index is 155. The van der Waals surface area contributed by atoms with E-state index in [0.717, 1.165) is 0 Å². The molecule has 14 heavy (non-hydrogen) atoms. The van der Waals surface area contributed by atoms with Crippen molar-refractivity contribution < 1.29 is 19.7 Å². The van der Waals surface area contributed by atoms with Crippen molar-refractivity contribution in [3.05, 3.63) is 12.5 Å². The first-order valence-corrected chi connectivity index (χ1v) is 4.80. The molecule has 0 aromatic rings. The minimum Gasteiger partial charge on any atom is -0.466 e. The number of rotatable bonds is 8. The van der Waals surface area contributed by atoms with Crippen LogP contribution in [0.3, 0.4) is 0 Å². The molecule has 0 saturated heterocycles. The van der Waals surface area contributed by atoms with Crippen LogP contribution >= 0.6 is 0 Å². The zero-order chi connectivity index (χ0) is 11.0. The molecule has 0 heterocycles. The molecule has 0 rings (SSSR count). The normalized spacial score (nSPS) is 11.1. The smallest absolute Gasteiger partial charge is 0.271 e. The molecule has 4 heteroatoms. The van der Waals surface area contributed by atoms with Crippen molar-refractivity contribution in [3.8, 4) is 0 Å². The van der Waals surface area contributed by atoms with E-state index in [2.05, 4.69) is 6.58 Å². The molecular formula is C10H20O4. The third-order valence-corrected chi connectivity index (χ3v) is 2.27. The number of aliphatic hydroxyl groups is 2. The second-order valence-corrected chi connectivity index (χ2v) is 3.26. The highest BCUT2D eigenvalue weighted by Crippen LogP contribution is 2.21. The first-order valence-electron chi connectivity index (χ1n) is 4.80.